The SMILES string of the molecule is Cn1ccc(=O)n(CC(=O)Nc2cccc(N)c2)c1=O. The molecular formula is C13H14N4O3. The summed E-state index contributed by atoms with van der Waals surface area (Å²) in [6.07, 6.45) is 1.36. The van der Waals surface area contributed by atoms with E-state index in [1.807, 2.05) is 0 Å². The molecule has 7 nitrogen and oxygen atoms in total. The third kappa shape index (κ3) is 2.94. The molecule has 0 radical (unpaired) electrons. The Hall–Kier alpha value is -2.83. The Labute approximate surface area is 114 Å². The Morgan fingerprint density at radius 2 is 2.05 bits per heavy atom. The van der Waals surface area contributed by atoms with Crippen LogP contribution in [0.15, 0.2) is 46.1 Å². The maximum absolute atomic E-state index is 11.8. The van der Waals surface area contributed by atoms with Crippen molar-refractivity contribution in [2.24, 2.45) is 7.05 Å². The van der Waals surface area contributed by atoms with Crippen LogP contribution in [0.1, 0.15) is 0 Å². The lowest BCUT2D eigenvalue weighted by Gasteiger charge is -2.08. The van der Waals surface area contributed by atoms with Gasteiger partial charge in [0.1, 0.15) is 6.54 Å². The fourth-order valence-electron chi connectivity index (χ4n) is 1.72. The number of aromatic nitrogens is 2. The smallest absolute Gasteiger partial charge is 0.331 e. The van der Waals surface area contributed by atoms with Crippen molar-refractivity contribution < 1.29 is 4.79 Å². The van der Waals surface area contributed by atoms with Crippen LogP contribution in [0.3, 0.4) is 0 Å². The Bertz CT molecular complexity index is 761. The number of rotatable bonds is 3. The summed E-state index contributed by atoms with van der Waals surface area (Å²) in [6.45, 7) is -0.346. The van der Waals surface area contributed by atoms with Crippen molar-refractivity contribution in [1.29, 1.82) is 0 Å². The van der Waals surface area contributed by atoms with Gasteiger partial charge in [0.15, 0.2) is 0 Å². The van der Waals surface area contributed by atoms with Crippen molar-refractivity contribution in [2.45, 2.75) is 6.54 Å². The quantitative estimate of drug-likeness (QED) is 0.755. The molecule has 0 bridgehead atoms. The summed E-state index contributed by atoms with van der Waals surface area (Å²) in [7, 11) is 1.51. The van der Waals surface area contributed by atoms with Gasteiger partial charge >= 0.3 is 5.69 Å². The van der Waals surface area contributed by atoms with Gasteiger partial charge in [-0.05, 0) is 18.2 Å². The molecule has 1 aromatic carbocycles. The number of hydrogen-bond donors (Lipinski definition) is 2. The van der Waals surface area contributed by atoms with Crippen LogP contribution < -0.4 is 22.3 Å². The summed E-state index contributed by atoms with van der Waals surface area (Å²) in [4.78, 5) is 35.2. The lowest BCUT2D eigenvalue weighted by atomic mass is 10.3. The van der Waals surface area contributed by atoms with Crippen molar-refractivity contribution in [1.82, 2.24) is 9.13 Å². The van der Waals surface area contributed by atoms with Gasteiger partial charge < -0.3 is 15.6 Å². The fourth-order valence-corrected chi connectivity index (χ4v) is 1.72. The minimum Gasteiger partial charge on any atom is -0.399 e. The minimum absolute atomic E-state index is 0.346. The van der Waals surface area contributed by atoms with Crippen molar-refractivity contribution in [3.8, 4) is 0 Å². The Balaban J connectivity index is 2.19. The number of aryl methyl sites for hydroxylation is 1. The second kappa shape index (κ2) is 5.43. The molecule has 1 aromatic heterocycles. The maximum atomic E-state index is 11.8. The lowest BCUT2D eigenvalue weighted by molar-refractivity contribution is -0.116. The van der Waals surface area contributed by atoms with Crippen LogP contribution in [0.2, 0.25) is 0 Å². The van der Waals surface area contributed by atoms with Crippen LogP contribution in [-0.2, 0) is 18.4 Å². The lowest BCUT2D eigenvalue weighted by Crippen LogP contribution is -2.40. The van der Waals surface area contributed by atoms with Gasteiger partial charge in [0.05, 0.1) is 0 Å². The highest BCUT2D eigenvalue weighted by Crippen LogP contribution is 2.11. The number of amides is 1. The molecule has 20 heavy (non-hydrogen) atoms. The molecule has 0 aliphatic carbocycles. The maximum Gasteiger partial charge on any atom is 0.331 e. The summed E-state index contributed by atoms with van der Waals surface area (Å²) >= 11 is 0. The van der Waals surface area contributed by atoms with E-state index in [1.54, 1.807) is 24.3 Å². The molecular weight excluding hydrogens is 260 g/mol. The highest BCUT2D eigenvalue weighted by atomic mass is 16.2. The number of hydrogen-bond acceptors (Lipinski definition) is 4. The van der Waals surface area contributed by atoms with E-state index in [2.05, 4.69) is 5.32 Å². The largest absolute Gasteiger partial charge is 0.399 e. The minimum atomic E-state index is -0.541. The van der Waals surface area contributed by atoms with Crippen LogP contribution in [0.25, 0.3) is 0 Å². The third-order valence-electron chi connectivity index (χ3n) is 2.71. The molecule has 0 fully saturated rings. The molecule has 0 saturated heterocycles. The average molecular weight is 274 g/mol. The van der Waals surface area contributed by atoms with Gasteiger partial charge in [-0.3, -0.25) is 14.2 Å². The monoisotopic (exact) mass is 274 g/mol. The zero-order valence-corrected chi connectivity index (χ0v) is 10.9. The Morgan fingerprint density at radius 3 is 2.75 bits per heavy atom. The van der Waals surface area contributed by atoms with Crippen molar-refractivity contribution in [3.63, 3.8) is 0 Å². The highest BCUT2D eigenvalue weighted by molar-refractivity contribution is 5.90. The normalized spacial score (nSPS) is 10.2. The first-order valence-electron chi connectivity index (χ1n) is 5.89. The van der Waals surface area contributed by atoms with E-state index in [4.69, 9.17) is 5.73 Å². The van der Waals surface area contributed by atoms with E-state index in [-0.39, 0.29) is 6.54 Å². The first kappa shape index (κ1) is 13.6. The molecule has 1 heterocycles. The zero-order chi connectivity index (χ0) is 14.7. The predicted octanol–water partition coefficient (Wildman–Crippen LogP) is -0.232. The van der Waals surface area contributed by atoms with Crippen molar-refractivity contribution in [3.05, 3.63) is 57.4 Å². The number of carbonyl (C=O) groups excluding carboxylic acids is 1. The third-order valence-corrected chi connectivity index (χ3v) is 2.71. The molecule has 0 saturated carbocycles. The fraction of sp³-hybridized carbons (Fsp3) is 0.154. The number of benzene rings is 1. The first-order valence-corrected chi connectivity index (χ1v) is 5.89. The summed E-state index contributed by atoms with van der Waals surface area (Å²) < 4.78 is 2.09. The number of nitrogen functional groups attached to an aromatic ring is 1. The second-order valence-electron chi connectivity index (χ2n) is 4.31. The highest BCUT2D eigenvalue weighted by Gasteiger charge is 2.09. The molecule has 0 aliphatic rings. The topological polar surface area (TPSA) is 99.1 Å². The Kier molecular flexibility index (Phi) is 3.69. The predicted molar refractivity (Wildman–Crippen MR) is 75.4 cm³/mol. The van der Waals surface area contributed by atoms with Crippen LogP contribution >= 0.6 is 0 Å². The van der Waals surface area contributed by atoms with Crippen LogP contribution in [-0.4, -0.2) is 15.0 Å². The van der Waals surface area contributed by atoms with Gasteiger partial charge in [-0.1, -0.05) is 6.07 Å². The molecule has 0 spiro atoms. The second-order valence-corrected chi connectivity index (χ2v) is 4.31. The molecule has 3 N–H and O–H groups in total. The Morgan fingerprint density at radius 1 is 1.30 bits per heavy atom. The number of anilines is 2. The number of nitrogens with one attached hydrogen (secondary N) is 1. The van der Waals surface area contributed by atoms with E-state index in [9.17, 15) is 14.4 Å². The molecule has 0 aliphatic heterocycles. The van der Waals surface area contributed by atoms with Crippen LogP contribution in [0.5, 0.6) is 0 Å². The molecule has 2 rings (SSSR count). The van der Waals surface area contributed by atoms with Crippen LogP contribution in [0, 0.1) is 0 Å². The zero-order valence-electron chi connectivity index (χ0n) is 10.9. The van der Waals surface area contributed by atoms with Crippen molar-refractivity contribution in [2.75, 3.05) is 11.1 Å². The molecule has 2 aromatic rings. The van der Waals surface area contributed by atoms with Gasteiger partial charge in [-0.2, -0.15) is 0 Å². The van der Waals surface area contributed by atoms with E-state index in [1.165, 1.54) is 23.9 Å². The van der Waals surface area contributed by atoms with E-state index in [0.717, 1.165) is 4.57 Å². The van der Waals surface area contributed by atoms with Crippen molar-refractivity contribution >= 4 is 17.3 Å². The molecule has 1 amide bonds. The van der Waals surface area contributed by atoms with Gasteiger partial charge in [-0.15, -0.1) is 0 Å². The number of nitrogens with zero attached hydrogens (tertiary/aromatic N) is 2. The summed E-state index contributed by atoms with van der Waals surface area (Å²) in [5.74, 6) is -0.471. The standard InChI is InChI=1S/C13H14N4O3/c1-16-6-5-12(19)17(13(16)20)8-11(18)15-10-4-2-3-9(14)7-10/h2-7H,8,14H2,1H3,(H,15,18). The van der Waals surface area contributed by atoms with Gasteiger partial charge in [-0.25, -0.2) is 4.79 Å². The van der Waals surface area contributed by atoms with Gasteiger partial charge in [0.2, 0.25) is 5.91 Å². The van der Waals surface area contributed by atoms with E-state index >= 15 is 0 Å². The molecule has 0 atom stereocenters. The molecule has 0 unspecified atom stereocenters. The number of nitrogens with two attached hydrogens (primary N) is 1. The van der Waals surface area contributed by atoms with E-state index in [0.29, 0.717) is 11.4 Å². The molecule has 7 heteroatoms. The first-order chi connectivity index (χ1) is 9.47. The van der Waals surface area contributed by atoms with Gasteiger partial charge in [0.25, 0.3) is 5.56 Å². The summed E-state index contributed by atoms with van der Waals surface area (Å²) in [5, 5.41) is 2.58. The van der Waals surface area contributed by atoms with E-state index < -0.39 is 17.2 Å². The molecule has 104 valence electrons. The van der Waals surface area contributed by atoms with Gasteiger partial charge in [0, 0.05) is 30.7 Å². The average Bonchev–Trinajstić information content (AvgIpc) is 2.39. The number of carbonyl (C=O) groups is 1. The summed E-state index contributed by atoms with van der Waals surface area (Å²) in [5.41, 5.74) is 5.56. The van der Waals surface area contributed by atoms with Crippen LogP contribution in [0.4, 0.5) is 11.4 Å². The summed E-state index contributed by atoms with van der Waals surface area (Å²) in [6, 6.07) is 7.87.